The normalized spacial score (nSPS) is 20.1. The summed E-state index contributed by atoms with van der Waals surface area (Å²) in [6.45, 7) is 3.08. The Balaban J connectivity index is 1.33. The number of hydrogen-bond acceptors (Lipinski definition) is 11. The van der Waals surface area contributed by atoms with Gasteiger partial charge >= 0.3 is 11.9 Å². The Hall–Kier alpha value is -6.06. The van der Waals surface area contributed by atoms with Gasteiger partial charge in [0.15, 0.2) is 46.0 Å². The van der Waals surface area contributed by atoms with Gasteiger partial charge < -0.3 is 61.8 Å². The fourth-order valence-electron chi connectivity index (χ4n) is 11.6. The van der Waals surface area contributed by atoms with E-state index in [1.54, 1.807) is 64.0 Å². The molecule has 2 aliphatic rings. The molecule has 0 saturated carbocycles. The van der Waals surface area contributed by atoms with Crippen molar-refractivity contribution >= 4 is 11.9 Å². The van der Waals surface area contributed by atoms with Crippen LogP contribution in [0.4, 0.5) is 0 Å². The lowest BCUT2D eigenvalue weighted by Crippen LogP contribution is -2.53. The molecule has 2 heterocycles. The summed E-state index contributed by atoms with van der Waals surface area (Å²) in [5, 5.41) is 20.9. The number of carbonyl (C=O) groups is 2. The van der Waals surface area contributed by atoms with Gasteiger partial charge in [0.05, 0.1) is 110 Å². The summed E-state index contributed by atoms with van der Waals surface area (Å²) in [5.41, 5.74) is 5.68. The van der Waals surface area contributed by atoms with Gasteiger partial charge in [0, 0.05) is 42.4 Å². The van der Waals surface area contributed by atoms with E-state index < -0.39 is 17.4 Å². The van der Waals surface area contributed by atoms with Crippen LogP contribution in [-0.4, -0.2) is 135 Å². The van der Waals surface area contributed by atoms with Crippen LogP contribution in [0.25, 0.3) is 0 Å². The number of ether oxygens (including phenoxy) is 9. The fourth-order valence-corrected chi connectivity index (χ4v) is 11.6. The molecule has 0 amide bonds. The van der Waals surface area contributed by atoms with Crippen LogP contribution >= 0.6 is 0 Å². The number of quaternary nitrogens is 2. The Morgan fingerprint density at radius 3 is 1.54 bits per heavy atom. The molecule has 0 bridgehead atoms. The standard InChI is InChI=1S/C56H76N2O13/c1-57(27-20-38-31-46(65-5)48(67-7)35-41(38)43(57)29-37-18-19-44(63-3)45(30-37)64-4)25-15-23-56(55(61)62,22-14-12-13-17-52(59)60)24-16-26-58(2)28-21-39-32-47(66-6)49(68-8)36-42(39)53(58)40-33-50(69-9)54(71-11)51(34-40)70-10/h18-19,30-36,43,53H,12-17,20-29H2,1-11H3/p+2/t43-,53+,56?,57+,58-/m1/s1. The Morgan fingerprint density at radius 1 is 0.535 bits per heavy atom. The van der Waals surface area contributed by atoms with Gasteiger partial charge in [0.1, 0.15) is 12.1 Å². The van der Waals surface area contributed by atoms with Crippen LogP contribution in [0, 0.1) is 5.41 Å². The smallest absolute Gasteiger partial charge is 0.309 e. The number of methoxy groups -OCH3 is 9. The lowest BCUT2D eigenvalue weighted by Gasteiger charge is -2.47. The number of benzene rings is 4. The molecule has 0 aromatic heterocycles. The number of rotatable bonds is 27. The zero-order chi connectivity index (χ0) is 51.5. The van der Waals surface area contributed by atoms with Gasteiger partial charge in [-0.05, 0) is 104 Å². The molecule has 388 valence electrons. The minimum atomic E-state index is -1.03. The maximum Gasteiger partial charge on any atom is 0.309 e. The van der Waals surface area contributed by atoms with E-state index in [-0.39, 0.29) is 18.5 Å². The number of carboxylic acid groups (broad SMARTS) is 2. The minimum absolute atomic E-state index is 0.0176. The van der Waals surface area contributed by atoms with E-state index in [1.807, 2.05) is 24.3 Å². The topological polar surface area (TPSA) is 158 Å². The van der Waals surface area contributed by atoms with Crippen molar-refractivity contribution in [3.05, 3.63) is 88.0 Å². The van der Waals surface area contributed by atoms with Crippen molar-refractivity contribution in [1.82, 2.24) is 0 Å². The number of hydrogen-bond donors (Lipinski definition) is 2. The average molecular weight is 987 g/mol. The second-order valence-corrected chi connectivity index (χ2v) is 19.7. The van der Waals surface area contributed by atoms with E-state index in [0.29, 0.717) is 125 Å². The number of likely N-dealkylation sites (N-methyl/N-ethyl adjacent to an activating group) is 2. The molecular formula is C56H78N2O13+2. The predicted molar refractivity (Wildman–Crippen MR) is 272 cm³/mol. The van der Waals surface area contributed by atoms with Gasteiger partial charge in [-0.3, -0.25) is 9.59 Å². The summed E-state index contributed by atoms with van der Waals surface area (Å²) in [5.74, 6) is 3.94. The Bertz CT molecular complexity index is 2450. The fraction of sp³-hybridized carbons (Fsp3) is 0.536. The molecule has 15 nitrogen and oxygen atoms in total. The Kier molecular flexibility index (Phi) is 18.3. The first-order valence-corrected chi connectivity index (χ1v) is 24.7. The summed E-state index contributed by atoms with van der Waals surface area (Å²) in [6, 6.07) is 18.3. The van der Waals surface area contributed by atoms with Crippen LogP contribution in [0.2, 0.25) is 0 Å². The summed E-state index contributed by atoms with van der Waals surface area (Å²) in [7, 11) is 19.3. The molecule has 0 aliphatic carbocycles. The van der Waals surface area contributed by atoms with E-state index in [2.05, 4.69) is 44.4 Å². The first-order valence-electron chi connectivity index (χ1n) is 24.7. The van der Waals surface area contributed by atoms with Crippen LogP contribution < -0.4 is 42.6 Å². The van der Waals surface area contributed by atoms with Gasteiger partial charge in [-0.2, -0.15) is 0 Å². The van der Waals surface area contributed by atoms with E-state index in [4.69, 9.17) is 42.6 Å². The number of fused-ring (bicyclic) bond motifs is 2. The SMILES string of the molecule is COc1ccc(C[C@@H]2c3cc(OC)c(OC)cc3CC[N@+]2(C)CCCC(CCCCCC(=O)O)(CCC[N@+]2(C)CCc3cc(OC)c(OC)cc3[C@@H]2c2cc(OC)c(OC)c(OC)c2)C(=O)O)cc1OC. The molecule has 15 heteroatoms. The molecule has 5 atom stereocenters. The van der Waals surface area contributed by atoms with E-state index >= 15 is 0 Å². The van der Waals surface area contributed by atoms with Crippen molar-refractivity contribution in [2.75, 3.05) is 104 Å². The molecule has 2 aliphatic heterocycles. The van der Waals surface area contributed by atoms with Gasteiger partial charge in [0.25, 0.3) is 0 Å². The van der Waals surface area contributed by atoms with Crippen LogP contribution in [0.1, 0.15) is 103 Å². The molecule has 0 radical (unpaired) electrons. The van der Waals surface area contributed by atoms with Gasteiger partial charge in [-0.1, -0.05) is 18.9 Å². The molecule has 6 rings (SSSR count). The summed E-state index contributed by atoms with van der Waals surface area (Å²) >= 11 is 0. The molecule has 0 spiro atoms. The van der Waals surface area contributed by atoms with Crippen molar-refractivity contribution in [3.63, 3.8) is 0 Å². The quantitative estimate of drug-likeness (QED) is 0.0431. The molecule has 4 aromatic carbocycles. The van der Waals surface area contributed by atoms with Gasteiger partial charge in [0.2, 0.25) is 5.75 Å². The number of unbranched alkanes of at least 4 members (excludes halogenated alkanes) is 2. The zero-order valence-corrected chi connectivity index (χ0v) is 43.9. The second-order valence-electron chi connectivity index (χ2n) is 19.7. The monoisotopic (exact) mass is 987 g/mol. The average Bonchev–Trinajstić information content (AvgIpc) is 3.37. The number of carboxylic acids is 2. The van der Waals surface area contributed by atoms with E-state index in [1.165, 1.54) is 11.1 Å². The van der Waals surface area contributed by atoms with Crippen molar-refractivity contribution < 1.29 is 71.4 Å². The van der Waals surface area contributed by atoms with Crippen LogP contribution in [-0.2, 0) is 28.9 Å². The lowest BCUT2D eigenvalue weighted by atomic mass is 9.74. The Morgan fingerprint density at radius 2 is 1.01 bits per heavy atom. The molecular weight excluding hydrogens is 909 g/mol. The van der Waals surface area contributed by atoms with E-state index in [9.17, 15) is 19.8 Å². The minimum Gasteiger partial charge on any atom is -0.493 e. The summed E-state index contributed by atoms with van der Waals surface area (Å²) in [4.78, 5) is 25.5. The molecule has 2 N–H and O–H groups in total. The van der Waals surface area contributed by atoms with Crippen molar-refractivity contribution in [3.8, 4) is 51.7 Å². The first-order chi connectivity index (χ1) is 34.1. The molecule has 71 heavy (non-hydrogen) atoms. The van der Waals surface area contributed by atoms with Crippen molar-refractivity contribution in [2.45, 2.75) is 89.1 Å². The van der Waals surface area contributed by atoms with Crippen LogP contribution in [0.15, 0.2) is 54.6 Å². The molecule has 1 unspecified atom stereocenters. The lowest BCUT2D eigenvalue weighted by molar-refractivity contribution is -0.941. The Labute approximate surface area is 420 Å². The van der Waals surface area contributed by atoms with Crippen molar-refractivity contribution in [2.24, 2.45) is 5.41 Å². The second kappa shape index (κ2) is 23.9. The summed E-state index contributed by atoms with van der Waals surface area (Å²) in [6.07, 6.45) is 6.88. The third-order valence-electron chi connectivity index (χ3n) is 15.6. The highest BCUT2D eigenvalue weighted by Gasteiger charge is 2.45. The van der Waals surface area contributed by atoms with Gasteiger partial charge in [-0.25, -0.2) is 0 Å². The number of aliphatic carboxylic acids is 2. The van der Waals surface area contributed by atoms with Crippen LogP contribution in [0.5, 0.6) is 51.7 Å². The molecule has 0 saturated heterocycles. The third-order valence-corrected chi connectivity index (χ3v) is 15.6. The van der Waals surface area contributed by atoms with Crippen molar-refractivity contribution in [1.29, 1.82) is 0 Å². The molecule has 4 aromatic rings. The van der Waals surface area contributed by atoms with Gasteiger partial charge in [-0.15, -0.1) is 0 Å². The highest BCUT2D eigenvalue weighted by atomic mass is 16.5. The first kappa shape index (κ1) is 54.3. The van der Waals surface area contributed by atoms with Crippen LogP contribution in [0.3, 0.4) is 0 Å². The predicted octanol–water partition coefficient (Wildman–Crippen LogP) is 9.51. The van der Waals surface area contributed by atoms with E-state index in [0.717, 1.165) is 54.7 Å². The largest absolute Gasteiger partial charge is 0.493 e. The highest BCUT2D eigenvalue weighted by Crippen LogP contribution is 2.50. The maximum absolute atomic E-state index is 14.0. The third kappa shape index (κ3) is 11.8. The maximum atomic E-state index is 14.0. The molecule has 0 fully saturated rings. The summed E-state index contributed by atoms with van der Waals surface area (Å²) < 4.78 is 53.3. The number of nitrogens with zero attached hydrogens (tertiary/aromatic N) is 2. The highest BCUT2D eigenvalue weighted by molar-refractivity contribution is 5.74. The zero-order valence-electron chi connectivity index (χ0n) is 43.9.